The summed E-state index contributed by atoms with van der Waals surface area (Å²) >= 11 is 0. The van der Waals surface area contributed by atoms with Gasteiger partial charge in [0.1, 0.15) is 0 Å². The van der Waals surface area contributed by atoms with E-state index in [1.165, 1.54) is 19.3 Å². The highest BCUT2D eigenvalue weighted by atomic mass is 14.8. The maximum Gasteiger partial charge on any atom is 0.00138 e. The third-order valence-electron chi connectivity index (χ3n) is 2.66. The van der Waals surface area contributed by atoms with Gasteiger partial charge in [0.05, 0.1) is 0 Å². The fraction of sp³-hybridized carbons (Fsp3) is 0.800. The molecule has 0 fully saturated rings. The van der Waals surface area contributed by atoms with Gasteiger partial charge in [-0.1, -0.05) is 25.5 Å². The molecule has 1 aliphatic carbocycles. The quantitative estimate of drug-likeness (QED) is 0.613. The van der Waals surface area contributed by atoms with E-state index in [1.807, 2.05) is 7.05 Å². The summed E-state index contributed by atoms with van der Waals surface area (Å²) in [6.07, 6.45) is 8.72. The van der Waals surface area contributed by atoms with Crippen LogP contribution in [0.1, 0.15) is 26.2 Å². The van der Waals surface area contributed by atoms with Crippen LogP contribution in [0.2, 0.25) is 0 Å². The summed E-state index contributed by atoms with van der Waals surface area (Å²) in [6.45, 7) is 3.45. The molecular formula is C10H19N. The standard InChI is InChI=1S/C10H19N/c1-3-9-6-4-5-7-10(9)8-11-2/h5,7,9-11H,3-4,6,8H2,1-2H3. The molecule has 1 nitrogen and oxygen atoms in total. The van der Waals surface area contributed by atoms with Gasteiger partial charge in [-0.15, -0.1) is 0 Å². The van der Waals surface area contributed by atoms with Gasteiger partial charge >= 0.3 is 0 Å². The van der Waals surface area contributed by atoms with Crippen LogP contribution in [-0.2, 0) is 0 Å². The van der Waals surface area contributed by atoms with Crippen molar-refractivity contribution >= 4 is 0 Å². The lowest BCUT2D eigenvalue weighted by atomic mass is 9.82. The van der Waals surface area contributed by atoms with Crippen molar-refractivity contribution in [1.82, 2.24) is 5.32 Å². The van der Waals surface area contributed by atoms with Gasteiger partial charge in [-0.05, 0) is 31.7 Å². The maximum absolute atomic E-state index is 3.25. The Morgan fingerprint density at radius 2 is 2.36 bits per heavy atom. The molecular weight excluding hydrogens is 134 g/mol. The van der Waals surface area contributed by atoms with Gasteiger partial charge in [0, 0.05) is 6.54 Å². The Morgan fingerprint density at radius 3 is 3.00 bits per heavy atom. The number of nitrogens with one attached hydrogen (secondary N) is 1. The van der Waals surface area contributed by atoms with Crippen molar-refractivity contribution in [1.29, 1.82) is 0 Å². The maximum atomic E-state index is 3.25. The molecule has 1 heteroatoms. The van der Waals surface area contributed by atoms with E-state index in [4.69, 9.17) is 0 Å². The molecule has 2 unspecified atom stereocenters. The predicted octanol–water partition coefficient (Wildman–Crippen LogP) is 2.20. The zero-order valence-electron chi connectivity index (χ0n) is 7.64. The molecule has 1 N–H and O–H groups in total. The van der Waals surface area contributed by atoms with Gasteiger partial charge < -0.3 is 5.32 Å². The lowest BCUT2D eigenvalue weighted by molar-refractivity contribution is 0.338. The van der Waals surface area contributed by atoms with Crippen LogP contribution in [0.3, 0.4) is 0 Å². The predicted molar refractivity (Wildman–Crippen MR) is 49.6 cm³/mol. The summed E-state index contributed by atoms with van der Waals surface area (Å²) in [5.74, 6) is 1.71. The Bertz CT molecular complexity index is 129. The molecule has 0 aromatic heterocycles. The second kappa shape index (κ2) is 4.55. The van der Waals surface area contributed by atoms with Crippen LogP contribution in [0.25, 0.3) is 0 Å². The normalized spacial score (nSPS) is 30.7. The lowest BCUT2D eigenvalue weighted by Gasteiger charge is -2.26. The summed E-state index contributed by atoms with van der Waals surface area (Å²) in [5.41, 5.74) is 0. The molecule has 0 aromatic carbocycles. The monoisotopic (exact) mass is 153 g/mol. The molecule has 0 saturated heterocycles. The molecule has 0 heterocycles. The Balaban J connectivity index is 2.43. The van der Waals surface area contributed by atoms with E-state index in [-0.39, 0.29) is 0 Å². The Kier molecular flexibility index (Phi) is 3.64. The molecule has 11 heavy (non-hydrogen) atoms. The highest BCUT2D eigenvalue weighted by Crippen LogP contribution is 2.26. The van der Waals surface area contributed by atoms with E-state index in [0.717, 1.165) is 18.4 Å². The molecule has 0 amide bonds. The fourth-order valence-corrected chi connectivity index (χ4v) is 1.93. The second-order valence-corrected chi connectivity index (χ2v) is 3.40. The molecule has 0 bridgehead atoms. The molecule has 2 atom stereocenters. The van der Waals surface area contributed by atoms with Crippen LogP contribution in [-0.4, -0.2) is 13.6 Å². The van der Waals surface area contributed by atoms with Crippen molar-refractivity contribution in [2.45, 2.75) is 26.2 Å². The zero-order valence-corrected chi connectivity index (χ0v) is 7.64. The van der Waals surface area contributed by atoms with Gasteiger partial charge in [-0.25, -0.2) is 0 Å². The van der Waals surface area contributed by atoms with Crippen molar-refractivity contribution in [3.05, 3.63) is 12.2 Å². The Hall–Kier alpha value is -0.300. The highest BCUT2D eigenvalue weighted by Gasteiger charge is 2.18. The lowest BCUT2D eigenvalue weighted by Crippen LogP contribution is -2.25. The van der Waals surface area contributed by atoms with Crippen LogP contribution in [0.15, 0.2) is 12.2 Å². The molecule has 0 saturated carbocycles. The van der Waals surface area contributed by atoms with E-state index >= 15 is 0 Å². The molecule has 0 radical (unpaired) electrons. The van der Waals surface area contributed by atoms with E-state index in [2.05, 4.69) is 24.4 Å². The molecule has 0 spiro atoms. The minimum Gasteiger partial charge on any atom is -0.319 e. The van der Waals surface area contributed by atoms with Crippen molar-refractivity contribution in [3.8, 4) is 0 Å². The first kappa shape index (κ1) is 8.79. The SMILES string of the molecule is CCC1CCC=CC1CNC. The third kappa shape index (κ3) is 2.33. The molecule has 0 aromatic rings. The summed E-state index contributed by atoms with van der Waals surface area (Å²) in [4.78, 5) is 0. The first-order valence-corrected chi connectivity index (χ1v) is 4.69. The Morgan fingerprint density at radius 1 is 1.55 bits per heavy atom. The average molecular weight is 153 g/mol. The van der Waals surface area contributed by atoms with Crippen molar-refractivity contribution in [2.75, 3.05) is 13.6 Å². The van der Waals surface area contributed by atoms with Crippen LogP contribution in [0.4, 0.5) is 0 Å². The van der Waals surface area contributed by atoms with E-state index in [0.29, 0.717) is 0 Å². The molecule has 0 aliphatic heterocycles. The summed E-state index contributed by atoms with van der Waals surface area (Å²) in [6, 6.07) is 0. The topological polar surface area (TPSA) is 12.0 Å². The minimum atomic E-state index is 0.791. The number of hydrogen-bond acceptors (Lipinski definition) is 1. The Labute approximate surface area is 69.9 Å². The third-order valence-corrected chi connectivity index (χ3v) is 2.66. The molecule has 64 valence electrons. The van der Waals surface area contributed by atoms with E-state index in [9.17, 15) is 0 Å². The smallest absolute Gasteiger partial charge is 0.00138 e. The first-order chi connectivity index (χ1) is 5.38. The average Bonchev–Trinajstić information content (AvgIpc) is 2.06. The van der Waals surface area contributed by atoms with E-state index < -0.39 is 0 Å². The zero-order chi connectivity index (χ0) is 8.10. The largest absolute Gasteiger partial charge is 0.319 e. The van der Waals surface area contributed by atoms with Gasteiger partial charge in [0.2, 0.25) is 0 Å². The van der Waals surface area contributed by atoms with Crippen molar-refractivity contribution in [2.24, 2.45) is 11.8 Å². The van der Waals surface area contributed by atoms with Crippen molar-refractivity contribution in [3.63, 3.8) is 0 Å². The first-order valence-electron chi connectivity index (χ1n) is 4.69. The van der Waals surface area contributed by atoms with Crippen molar-refractivity contribution < 1.29 is 0 Å². The summed E-state index contributed by atoms with van der Waals surface area (Å²) in [7, 11) is 2.04. The minimum absolute atomic E-state index is 0.791. The number of rotatable bonds is 3. The van der Waals surface area contributed by atoms with Gasteiger partial charge in [-0.2, -0.15) is 0 Å². The van der Waals surface area contributed by atoms with Crippen LogP contribution in [0, 0.1) is 11.8 Å². The van der Waals surface area contributed by atoms with E-state index in [1.54, 1.807) is 0 Å². The molecule has 1 aliphatic rings. The van der Waals surface area contributed by atoms with Gasteiger partial charge in [0.25, 0.3) is 0 Å². The number of allylic oxidation sites excluding steroid dienone is 1. The summed E-state index contributed by atoms with van der Waals surface area (Å²) in [5, 5.41) is 3.25. The highest BCUT2D eigenvalue weighted by molar-refractivity contribution is 4.97. The van der Waals surface area contributed by atoms with Crippen LogP contribution in [0.5, 0.6) is 0 Å². The van der Waals surface area contributed by atoms with Gasteiger partial charge in [-0.3, -0.25) is 0 Å². The van der Waals surface area contributed by atoms with Crippen LogP contribution >= 0.6 is 0 Å². The second-order valence-electron chi connectivity index (χ2n) is 3.40. The van der Waals surface area contributed by atoms with Gasteiger partial charge in [0.15, 0.2) is 0 Å². The fourth-order valence-electron chi connectivity index (χ4n) is 1.93. The number of hydrogen-bond donors (Lipinski definition) is 1. The summed E-state index contributed by atoms with van der Waals surface area (Å²) < 4.78 is 0. The van der Waals surface area contributed by atoms with Crippen LogP contribution < -0.4 is 5.32 Å². The molecule has 1 rings (SSSR count).